The van der Waals surface area contributed by atoms with E-state index in [0.717, 1.165) is 24.2 Å². The smallest absolute Gasteiger partial charge is 1.00 e. The molecule has 5 nitrogen and oxygen atoms in total. The van der Waals surface area contributed by atoms with Gasteiger partial charge >= 0.3 is 16.8 Å². The van der Waals surface area contributed by atoms with Crippen molar-refractivity contribution in [3.8, 4) is 0 Å². The van der Waals surface area contributed by atoms with Gasteiger partial charge in [-0.3, -0.25) is 0 Å². The molecule has 5 rings (SSSR count). The molecular formula is C25H23Cl3CoN3O2. The van der Waals surface area contributed by atoms with Crippen LogP contribution in [0.5, 0.6) is 0 Å². The van der Waals surface area contributed by atoms with Crippen molar-refractivity contribution in [2.45, 2.75) is 24.9 Å². The van der Waals surface area contributed by atoms with Crippen LogP contribution < -0.4 is 37.2 Å². The fourth-order valence-corrected chi connectivity index (χ4v) is 3.77. The Morgan fingerprint density at radius 1 is 0.588 bits per heavy atom. The van der Waals surface area contributed by atoms with Crippen LogP contribution in [0.25, 0.3) is 0 Å². The van der Waals surface area contributed by atoms with E-state index in [1.54, 1.807) is 0 Å². The number of rotatable bonds is 6. The molecular weight excluding hydrogens is 540 g/mol. The summed E-state index contributed by atoms with van der Waals surface area (Å²) in [6, 6.07) is 26.7. The predicted octanol–water partition coefficient (Wildman–Crippen LogP) is -5.13. The van der Waals surface area contributed by atoms with E-state index >= 15 is 0 Å². The molecule has 0 saturated heterocycles. The zero-order chi connectivity index (χ0) is 20.2. The molecule has 0 radical (unpaired) electrons. The van der Waals surface area contributed by atoms with Crippen molar-refractivity contribution in [3.05, 3.63) is 101 Å². The fraction of sp³-hybridized carbons (Fsp3) is 0.240. The number of benzene rings is 2. The molecule has 180 valence electrons. The van der Waals surface area contributed by atoms with Gasteiger partial charge in [0.25, 0.3) is 0 Å². The van der Waals surface area contributed by atoms with Crippen LogP contribution in [0.1, 0.15) is 22.5 Å². The van der Waals surface area contributed by atoms with Crippen LogP contribution in [0.4, 0.5) is 0 Å². The Morgan fingerprint density at radius 3 is 1.41 bits per heavy atom. The third-order valence-electron chi connectivity index (χ3n) is 5.24. The SMILES string of the molecule is [Cl-].[Cl-].[Cl-].[Co+3].c1ccc(CC2COC(c3cccc(C4=NC(Cc5ccccc5)CO4)n3)=N2)cc1. The van der Waals surface area contributed by atoms with Gasteiger partial charge in [-0.1, -0.05) is 66.7 Å². The monoisotopic (exact) mass is 561 g/mol. The molecule has 34 heavy (non-hydrogen) atoms. The number of pyridine rings is 1. The van der Waals surface area contributed by atoms with Gasteiger partial charge in [0.15, 0.2) is 0 Å². The van der Waals surface area contributed by atoms with Crippen molar-refractivity contribution in [1.29, 1.82) is 0 Å². The summed E-state index contributed by atoms with van der Waals surface area (Å²) < 4.78 is 11.7. The number of hydrogen-bond acceptors (Lipinski definition) is 5. The van der Waals surface area contributed by atoms with Crippen molar-refractivity contribution in [2.24, 2.45) is 9.98 Å². The summed E-state index contributed by atoms with van der Waals surface area (Å²) in [6.45, 7) is 1.15. The first-order chi connectivity index (χ1) is 14.8. The molecule has 0 saturated carbocycles. The van der Waals surface area contributed by atoms with Crippen LogP contribution >= 0.6 is 0 Å². The minimum Gasteiger partial charge on any atom is -1.00 e. The summed E-state index contributed by atoms with van der Waals surface area (Å²) in [5.41, 5.74) is 3.97. The molecule has 1 aromatic heterocycles. The molecule has 0 amide bonds. The molecule has 2 aromatic carbocycles. The molecule has 2 atom stereocenters. The Bertz CT molecular complexity index is 1000. The first kappa shape index (κ1) is 29.9. The minimum atomic E-state index is 0. The predicted molar refractivity (Wildman–Crippen MR) is 117 cm³/mol. The molecule has 2 unspecified atom stereocenters. The van der Waals surface area contributed by atoms with Crippen LogP contribution in [0.15, 0.2) is 88.8 Å². The van der Waals surface area contributed by atoms with Gasteiger partial charge in [-0.25, -0.2) is 15.0 Å². The molecule has 0 N–H and O–H groups in total. The van der Waals surface area contributed by atoms with Crippen LogP contribution in [-0.2, 0) is 39.1 Å². The van der Waals surface area contributed by atoms with Gasteiger partial charge in [0.05, 0.1) is 12.1 Å². The number of ether oxygens (including phenoxy) is 2. The molecule has 2 aliphatic rings. The van der Waals surface area contributed by atoms with E-state index in [9.17, 15) is 0 Å². The minimum absolute atomic E-state index is 0. The third-order valence-corrected chi connectivity index (χ3v) is 5.24. The summed E-state index contributed by atoms with van der Waals surface area (Å²) in [7, 11) is 0. The van der Waals surface area contributed by atoms with Crippen molar-refractivity contribution in [3.63, 3.8) is 0 Å². The summed E-state index contributed by atoms with van der Waals surface area (Å²) in [6.07, 6.45) is 1.72. The second kappa shape index (κ2) is 14.3. The Kier molecular flexibility index (Phi) is 12.6. The number of aromatic nitrogens is 1. The van der Waals surface area contributed by atoms with Crippen molar-refractivity contribution < 1.29 is 63.5 Å². The largest absolute Gasteiger partial charge is 3.00 e. The zero-order valence-corrected chi connectivity index (χ0v) is 21.4. The standard InChI is InChI=1S/C25H23N3O2.3ClH.Co/c1-3-8-18(9-4-1)14-20-16-29-24(26-20)22-12-7-13-23(28-22)25-27-21(17-30-25)15-19-10-5-2-6-11-19;;;;/h1-13,20-21H,14-17H2;3*1H;/q;;;;+3/p-3. The van der Waals surface area contributed by atoms with E-state index in [0.29, 0.717) is 25.0 Å². The van der Waals surface area contributed by atoms with Crippen LogP contribution in [-0.4, -0.2) is 42.1 Å². The quantitative estimate of drug-likeness (QED) is 0.302. The van der Waals surface area contributed by atoms with Gasteiger partial charge in [-0.05, 0) is 36.1 Å². The summed E-state index contributed by atoms with van der Waals surface area (Å²) in [5, 5.41) is 0. The van der Waals surface area contributed by atoms with E-state index < -0.39 is 0 Å². The summed E-state index contributed by atoms with van der Waals surface area (Å²) >= 11 is 0. The average molecular weight is 563 g/mol. The van der Waals surface area contributed by atoms with Gasteiger partial charge in [0.2, 0.25) is 11.8 Å². The van der Waals surface area contributed by atoms with E-state index in [4.69, 9.17) is 24.4 Å². The van der Waals surface area contributed by atoms with E-state index in [2.05, 4.69) is 24.3 Å². The maximum absolute atomic E-state index is 5.85. The van der Waals surface area contributed by atoms with Crippen LogP contribution in [0, 0.1) is 0 Å². The maximum Gasteiger partial charge on any atom is 3.00 e. The molecule has 0 fully saturated rings. The van der Waals surface area contributed by atoms with Gasteiger partial charge in [-0.2, -0.15) is 0 Å². The number of nitrogens with zero attached hydrogens (tertiary/aromatic N) is 3. The van der Waals surface area contributed by atoms with Crippen molar-refractivity contribution in [1.82, 2.24) is 4.98 Å². The van der Waals surface area contributed by atoms with E-state index in [1.165, 1.54) is 11.1 Å². The third kappa shape index (κ3) is 7.45. The van der Waals surface area contributed by atoms with E-state index in [1.807, 2.05) is 54.6 Å². The van der Waals surface area contributed by atoms with Crippen LogP contribution in [0.2, 0.25) is 0 Å². The Morgan fingerprint density at radius 2 is 1.00 bits per heavy atom. The number of hydrogen-bond donors (Lipinski definition) is 0. The van der Waals surface area contributed by atoms with Gasteiger partial charge in [0, 0.05) is 0 Å². The van der Waals surface area contributed by atoms with Gasteiger partial charge < -0.3 is 46.7 Å². The Balaban J connectivity index is 0.00000144. The Labute approximate surface area is 228 Å². The molecule has 0 bridgehead atoms. The van der Waals surface area contributed by atoms with Gasteiger partial charge in [-0.15, -0.1) is 0 Å². The Hall–Kier alpha value is -2.09. The molecule has 3 aromatic rings. The molecule has 3 heterocycles. The molecule has 2 aliphatic heterocycles. The second-order valence-corrected chi connectivity index (χ2v) is 7.59. The molecule has 0 spiro atoms. The number of aliphatic imine (C=N–C) groups is 2. The molecule has 9 heteroatoms. The zero-order valence-electron chi connectivity index (χ0n) is 18.1. The topological polar surface area (TPSA) is 56.1 Å². The molecule has 0 aliphatic carbocycles. The van der Waals surface area contributed by atoms with Gasteiger partial charge in [0.1, 0.15) is 24.6 Å². The average Bonchev–Trinajstić information content (AvgIpc) is 3.45. The normalized spacial score (nSPS) is 17.9. The second-order valence-electron chi connectivity index (χ2n) is 7.59. The van der Waals surface area contributed by atoms with Crippen molar-refractivity contribution in [2.75, 3.05) is 13.2 Å². The van der Waals surface area contributed by atoms with Crippen molar-refractivity contribution >= 4 is 11.8 Å². The summed E-state index contributed by atoms with van der Waals surface area (Å²) in [5.74, 6) is 1.19. The van der Waals surface area contributed by atoms with Crippen LogP contribution in [0.3, 0.4) is 0 Å². The fourth-order valence-electron chi connectivity index (χ4n) is 3.77. The maximum atomic E-state index is 5.85. The summed E-state index contributed by atoms with van der Waals surface area (Å²) in [4.78, 5) is 14.2. The first-order valence-corrected chi connectivity index (χ1v) is 10.3. The number of halogens is 3. The van der Waals surface area contributed by atoms with E-state index in [-0.39, 0.29) is 66.1 Å². The first-order valence-electron chi connectivity index (χ1n) is 10.3.